The summed E-state index contributed by atoms with van der Waals surface area (Å²) in [5.41, 5.74) is 3.34. The number of carbonyl (C=O) groups is 1. The Bertz CT molecular complexity index is 840. The molecule has 2 aliphatic rings. The molecule has 0 saturated carbocycles. The van der Waals surface area contributed by atoms with Crippen molar-refractivity contribution in [1.82, 2.24) is 4.90 Å². The second kappa shape index (κ2) is 8.78. The highest BCUT2D eigenvalue weighted by Crippen LogP contribution is 2.43. The topological polar surface area (TPSA) is 38.8 Å². The van der Waals surface area contributed by atoms with Gasteiger partial charge in [-0.15, -0.1) is 0 Å². The maximum atomic E-state index is 12.9. The standard InChI is InChI=1S/C24H29NO3/c1-2-3-15-27-18-10-11-19-21(17-18)24(26)20-8-7-9-22(23(19)20)28-16-14-25-12-5-4-6-13-25/h7-11,17H,2-6,12-16H2,1H3. The number of hydrogen-bond acceptors (Lipinski definition) is 4. The van der Waals surface area contributed by atoms with Crippen LogP contribution in [-0.2, 0) is 0 Å². The predicted molar refractivity (Wildman–Crippen MR) is 111 cm³/mol. The predicted octanol–water partition coefficient (Wildman–Crippen LogP) is 4.94. The first kappa shape index (κ1) is 19.0. The number of carbonyl (C=O) groups excluding carboxylic acids is 1. The Balaban J connectivity index is 1.50. The number of likely N-dealkylation sites (tertiary alicyclic amines) is 1. The lowest BCUT2D eigenvalue weighted by Crippen LogP contribution is -2.33. The molecule has 148 valence electrons. The van der Waals surface area contributed by atoms with Gasteiger partial charge >= 0.3 is 0 Å². The Morgan fingerprint density at radius 1 is 0.929 bits per heavy atom. The summed E-state index contributed by atoms with van der Waals surface area (Å²) >= 11 is 0. The van der Waals surface area contributed by atoms with E-state index < -0.39 is 0 Å². The highest BCUT2D eigenvalue weighted by atomic mass is 16.5. The maximum absolute atomic E-state index is 12.9. The minimum atomic E-state index is 0.0624. The van der Waals surface area contributed by atoms with Crippen LogP contribution in [0, 0.1) is 0 Å². The SMILES string of the molecule is CCCCOc1ccc2c(c1)C(=O)c1cccc(OCCN3CCCCC3)c1-2. The second-order valence-corrected chi connectivity index (χ2v) is 7.67. The van der Waals surface area contributed by atoms with Crippen molar-refractivity contribution >= 4 is 5.78 Å². The van der Waals surface area contributed by atoms with Gasteiger partial charge in [0.15, 0.2) is 5.78 Å². The zero-order chi connectivity index (χ0) is 19.3. The first-order valence-corrected chi connectivity index (χ1v) is 10.6. The molecule has 1 saturated heterocycles. The fourth-order valence-corrected chi connectivity index (χ4v) is 4.08. The molecular formula is C24H29NO3. The quantitative estimate of drug-likeness (QED) is 0.520. The van der Waals surface area contributed by atoms with Crippen molar-refractivity contribution in [3.63, 3.8) is 0 Å². The van der Waals surface area contributed by atoms with Crippen molar-refractivity contribution in [1.29, 1.82) is 0 Å². The molecule has 1 aliphatic carbocycles. The molecule has 0 N–H and O–H groups in total. The summed E-state index contributed by atoms with van der Waals surface area (Å²) in [5, 5.41) is 0. The molecule has 1 heterocycles. The zero-order valence-corrected chi connectivity index (χ0v) is 16.7. The maximum Gasteiger partial charge on any atom is 0.194 e. The van der Waals surface area contributed by atoms with Gasteiger partial charge in [0.05, 0.1) is 6.61 Å². The number of rotatable bonds is 8. The van der Waals surface area contributed by atoms with E-state index in [1.165, 1.54) is 32.4 Å². The van der Waals surface area contributed by atoms with Crippen LogP contribution in [0.3, 0.4) is 0 Å². The molecule has 0 radical (unpaired) electrons. The molecule has 0 spiro atoms. The van der Waals surface area contributed by atoms with Gasteiger partial charge < -0.3 is 9.47 Å². The van der Waals surface area contributed by atoms with Gasteiger partial charge in [-0.25, -0.2) is 0 Å². The first-order chi connectivity index (χ1) is 13.8. The van der Waals surface area contributed by atoms with Crippen molar-refractivity contribution in [2.45, 2.75) is 39.0 Å². The second-order valence-electron chi connectivity index (χ2n) is 7.67. The highest BCUT2D eigenvalue weighted by molar-refractivity contribution is 6.22. The van der Waals surface area contributed by atoms with E-state index in [2.05, 4.69) is 11.8 Å². The number of fused-ring (bicyclic) bond motifs is 3. The monoisotopic (exact) mass is 379 g/mol. The van der Waals surface area contributed by atoms with Crippen molar-refractivity contribution in [3.8, 4) is 22.6 Å². The molecular weight excluding hydrogens is 350 g/mol. The molecule has 2 aromatic rings. The van der Waals surface area contributed by atoms with Crippen molar-refractivity contribution < 1.29 is 14.3 Å². The van der Waals surface area contributed by atoms with Gasteiger partial charge in [-0.05, 0) is 62.2 Å². The van der Waals surface area contributed by atoms with E-state index in [9.17, 15) is 4.79 Å². The summed E-state index contributed by atoms with van der Waals surface area (Å²) in [4.78, 5) is 15.4. The Hall–Kier alpha value is -2.33. The Labute approximate surface area is 167 Å². The minimum absolute atomic E-state index is 0.0624. The van der Waals surface area contributed by atoms with E-state index in [1.54, 1.807) is 0 Å². The van der Waals surface area contributed by atoms with Crippen LogP contribution in [0.2, 0.25) is 0 Å². The van der Waals surface area contributed by atoms with Gasteiger partial charge in [0.25, 0.3) is 0 Å². The van der Waals surface area contributed by atoms with Crippen LogP contribution in [-0.4, -0.2) is 43.5 Å². The van der Waals surface area contributed by atoms with Crippen molar-refractivity contribution in [3.05, 3.63) is 47.5 Å². The molecule has 1 aliphatic heterocycles. The minimum Gasteiger partial charge on any atom is -0.494 e. The molecule has 28 heavy (non-hydrogen) atoms. The van der Waals surface area contributed by atoms with Gasteiger partial charge in [0.1, 0.15) is 18.1 Å². The molecule has 4 rings (SSSR count). The van der Waals surface area contributed by atoms with Gasteiger partial charge in [0, 0.05) is 23.2 Å². The van der Waals surface area contributed by atoms with Gasteiger partial charge in [0.2, 0.25) is 0 Å². The molecule has 0 amide bonds. The smallest absolute Gasteiger partial charge is 0.194 e. The number of piperidine rings is 1. The summed E-state index contributed by atoms with van der Waals surface area (Å²) in [5.74, 6) is 1.63. The summed E-state index contributed by atoms with van der Waals surface area (Å²) in [6.07, 6.45) is 6.01. The van der Waals surface area contributed by atoms with E-state index in [4.69, 9.17) is 9.47 Å². The molecule has 0 aromatic heterocycles. The molecule has 0 atom stereocenters. The number of hydrogen-bond donors (Lipinski definition) is 0. The largest absolute Gasteiger partial charge is 0.494 e. The van der Waals surface area contributed by atoms with Crippen LogP contribution in [0.15, 0.2) is 36.4 Å². The Morgan fingerprint density at radius 3 is 2.61 bits per heavy atom. The number of ether oxygens (including phenoxy) is 2. The molecule has 0 bridgehead atoms. The summed E-state index contributed by atoms with van der Waals surface area (Å²) in [6.45, 7) is 6.74. The summed E-state index contributed by atoms with van der Waals surface area (Å²) in [7, 11) is 0. The van der Waals surface area contributed by atoms with Crippen molar-refractivity contribution in [2.24, 2.45) is 0 Å². The van der Waals surface area contributed by atoms with E-state index in [0.29, 0.717) is 13.2 Å². The molecule has 2 aromatic carbocycles. The van der Waals surface area contributed by atoms with Gasteiger partial charge in [-0.2, -0.15) is 0 Å². The Kier molecular flexibility index (Phi) is 5.96. The van der Waals surface area contributed by atoms with Crippen LogP contribution in [0.1, 0.15) is 54.9 Å². The van der Waals surface area contributed by atoms with Crippen LogP contribution >= 0.6 is 0 Å². The fourth-order valence-electron chi connectivity index (χ4n) is 4.08. The molecule has 0 unspecified atom stereocenters. The number of benzene rings is 2. The van der Waals surface area contributed by atoms with Gasteiger partial charge in [-0.3, -0.25) is 9.69 Å². The number of ketones is 1. The van der Waals surface area contributed by atoms with Crippen molar-refractivity contribution in [2.75, 3.05) is 32.8 Å². The van der Waals surface area contributed by atoms with E-state index in [0.717, 1.165) is 53.1 Å². The third kappa shape index (κ3) is 3.93. The average molecular weight is 380 g/mol. The summed E-state index contributed by atoms with van der Waals surface area (Å²) in [6, 6.07) is 11.6. The summed E-state index contributed by atoms with van der Waals surface area (Å²) < 4.78 is 11.9. The first-order valence-electron chi connectivity index (χ1n) is 10.6. The highest BCUT2D eigenvalue weighted by Gasteiger charge is 2.30. The third-order valence-corrected chi connectivity index (χ3v) is 5.66. The zero-order valence-electron chi connectivity index (χ0n) is 16.7. The van der Waals surface area contributed by atoms with Crippen LogP contribution < -0.4 is 9.47 Å². The fraction of sp³-hybridized carbons (Fsp3) is 0.458. The Morgan fingerprint density at radius 2 is 1.79 bits per heavy atom. The van der Waals surface area contributed by atoms with E-state index in [-0.39, 0.29) is 5.78 Å². The van der Waals surface area contributed by atoms with Crippen LogP contribution in [0.25, 0.3) is 11.1 Å². The van der Waals surface area contributed by atoms with Crippen LogP contribution in [0.5, 0.6) is 11.5 Å². The normalized spacial score (nSPS) is 16.0. The lowest BCUT2D eigenvalue weighted by atomic mass is 10.0. The van der Waals surface area contributed by atoms with Crippen LogP contribution in [0.4, 0.5) is 0 Å². The lowest BCUT2D eigenvalue weighted by Gasteiger charge is -2.26. The molecule has 1 fully saturated rings. The molecule has 4 nitrogen and oxygen atoms in total. The van der Waals surface area contributed by atoms with E-state index >= 15 is 0 Å². The molecule has 4 heteroatoms. The lowest BCUT2D eigenvalue weighted by molar-refractivity contribution is 0.104. The third-order valence-electron chi connectivity index (χ3n) is 5.66. The number of nitrogens with zero attached hydrogens (tertiary/aromatic N) is 1. The van der Waals surface area contributed by atoms with E-state index in [1.807, 2.05) is 36.4 Å². The van der Waals surface area contributed by atoms with Gasteiger partial charge in [-0.1, -0.05) is 31.9 Å². The average Bonchev–Trinajstić information content (AvgIpc) is 3.02. The number of unbranched alkanes of at least 4 members (excludes halogenated alkanes) is 1.